The Morgan fingerprint density at radius 3 is 2.39 bits per heavy atom. The van der Waals surface area contributed by atoms with Crippen LogP contribution in [-0.2, 0) is 10.3 Å². The van der Waals surface area contributed by atoms with Crippen LogP contribution in [0.3, 0.4) is 0 Å². The van der Waals surface area contributed by atoms with Gasteiger partial charge in [-0.3, -0.25) is 0 Å². The van der Waals surface area contributed by atoms with Gasteiger partial charge in [-0.15, -0.1) is 0 Å². The number of nitrogens with one attached hydrogen (secondary N) is 1. The van der Waals surface area contributed by atoms with E-state index in [4.69, 9.17) is 9.47 Å². The molecule has 148 valence electrons. The van der Waals surface area contributed by atoms with E-state index in [2.05, 4.69) is 18.5 Å². The van der Waals surface area contributed by atoms with Crippen molar-refractivity contribution < 1.29 is 14.3 Å². The van der Waals surface area contributed by atoms with Crippen molar-refractivity contribution >= 4 is 17.2 Å². The van der Waals surface area contributed by atoms with Gasteiger partial charge in [-0.25, -0.2) is 4.79 Å². The first-order chi connectivity index (χ1) is 13.2. The third-order valence-electron chi connectivity index (χ3n) is 4.41. The second-order valence-electron chi connectivity index (χ2n) is 7.37. The maximum absolute atomic E-state index is 12.2. The van der Waals surface area contributed by atoms with Crippen molar-refractivity contribution in [2.75, 3.05) is 13.2 Å². The van der Waals surface area contributed by atoms with Crippen LogP contribution in [0, 0.1) is 0 Å². The van der Waals surface area contributed by atoms with Gasteiger partial charge < -0.3 is 14.8 Å². The number of hydrogen-bond acceptors (Lipinski definition) is 3. The Kier molecular flexibility index (Phi) is 7.05. The van der Waals surface area contributed by atoms with Crippen LogP contribution >= 0.6 is 0 Å². The number of carbonyl (C=O) groups excluding carboxylic acids is 1. The second-order valence-corrected chi connectivity index (χ2v) is 7.37. The molecule has 4 nitrogen and oxygen atoms in total. The van der Waals surface area contributed by atoms with Crippen LogP contribution < -0.4 is 10.1 Å². The smallest absolute Gasteiger partial charge is 0.407 e. The average Bonchev–Trinajstić information content (AvgIpc) is 2.65. The van der Waals surface area contributed by atoms with Gasteiger partial charge in [0.15, 0.2) is 0 Å². The van der Waals surface area contributed by atoms with E-state index >= 15 is 0 Å². The number of amides is 1. The molecule has 0 heterocycles. The molecule has 0 saturated carbocycles. The summed E-state index contributed by atoms with van der Waals surface area (Å²) in [6, 6.07) is 15.6. The molecule has 2 rings (SSSR count). The summed E-state index contributed by atoms with van der Waals surface area (Å²) in [5, 5.41) is 2.91. The Hall–Kier alpha value is -3.01. The largest absolute Gasteiger partial charge is 0.489 e. The molecule has 1 amide bonds. The zero-order chi connectivity index (χ0) is 20.7. The molecular weight excluding hydrogens is 350 g/mol. The van der Waals surface area contributed by atoms with Gasteiger partial charge in [0.05, 0.1) is 5.54 Å². The molecule has 0 bridgehead atoms. The van der Waals surface area contributed by atoms with Crippen molar-refractivity contribution in [2.45, 2.75) is 33.2 Å². The Labute approximate surface area is 167 Å². The lowest BCUT2D eigenvalue weighted by Crippen LogP contribution is -2.41. The van der Waals surface area contributed by atoms with Crippen LogP contribution in [0.2, 0.25) is 0 Å². The highest BCUT2D eigenvalue weighted by Gasteiger charge is 2.24. The van der Waals surface area contributed by atoms with Gasteiger partial charge in [0, 0.05) is 5.56 Å². The number of rotatable bonds is 8. The minimum absolute atomic E-state index is 0.151. The zero-order valence-corrected chi connectivity index (χ0v) is 17.2. The molecule has 1 N–H and O–H groups in total. The van der Waals surface area contributed by atoms with Gasteiger partial charge in [0.2, 0.25) is 0 Å². The summed E-state index contributed by atoms with van der Waals surface area (Å²) in [6.07, 6.45) is -0.484. The van der Waals surface area contributed by atoms with Crippen LogP contribution in [0.15, 0.2) is 61.7 Å². The number of para-hydroxylation sites is 1. The van der Waals surface area contributed by atoms with Gasteiger partial charge in [-0.1, -0.05) is 55.1 Å². The maximum atomic E-state index is 12.2. The van der Waals surface area contributed by atoms with E-state index in [0.717, 1.165) is 33.6 Å². The van der Waals surface area contributed by atoms with Gasteiger partial charge in [0.1, 0.15) is 19.0 Å². The SMILES string of the molecule is C=C(C)c1cccc(C(C)(C)NC(=O)OCCOc2ccccc2C(=C)C)c1. The summed E-state index contributed by atoms with van der Waals surface area (Å²) < 4.78 is 11.0. The summed E-state index contributed by atoms with van der Waals surface area (Å²) in [7, 11) is 0. The minimum Gasteiger partial charge on any atom is -0.489 e. The molecule has 0 saturated heterocycles. The molecule has 2 aromatic rings. The Balaban J connectivity index is 1.88. The fourth-order valence-electron chi connectivity index (χ4n) is 2.77. The summed E-state index contributed by atoms with van der Waals surface area (Å²) in [6.45, 7) is 16.1. The highest BCUT2D eigenvalue weighted by atomic mass is 16.6. The number of allylic oxidation sites excluding steroid dienone is 2. The highest BCUT2D eigenvalue weighted by molar-refractivity contribution is 5.69. The van der Waals surface area contributed by atoms with Crippen LogP contribution in [0.4, 0.5) is 4.79 Å². The Bertz CT molecular complexity index is 868. The van der Waals surface area contributed by atoms with E-state index in [1.54, 1.807) is 0 Å². The molecule has 0 aromatic heterocycles. The lowest BCUT2D eigenvalue weighted by atomic mass is 9.92. The van der Waals surface area contributed by atoms with Crippen molar-refractivity contribution in [3.05, 3.63) is 78.4 Å². The van der Waals surface area contributed by atoms with E-state index in [-0.39, 0.29) is 13.2 Å². The highest BCUT2D eigenvalue weighted by Crippen LogP contribution is 2.25. The first kappa shape index (κ1) is 21.3. The second kappa shape index (κ2) is 9.27. The van der Waals surface area contributed by atoms with Gasteiger partial charge >= 0.3 is 6.09 Å². The molecule has 2 aromatic carbocycles. The van der Waals surface area contributed by atoms with Crippen molar-refractivity contribution in [1.82, 2.24) is 5.32 Å². The minimum atomic E-state index is -0.573. The van der Waals surface area contributed by atoms with Crippen molar-refractivity contribution in [3.8, 4) is 5.75 Å². The molecule has 0 radical (unpaired) electrons. The average molecular weight is 380 g/mol. The molecular formula is C24H29NO3. The zero-order valence-electron chi connectivity index (χ0n) is 17.2. The Morgan fingerprint density at radius 1 is 1.00 bits per heavy atom. The summed E-state index contributed by atoms with van der Waals surface area (Å²) in [5.41, 5.74) is 4.31. The lowest BCUT2D eigenvalue weighted by molar-refractivity contribution is 0.116. The van der Waals surface area contributed by atoms with E-state index in [1.807, 2.05) is 76.2 Å². The molecule has 4 heteroatoms. The monoisotopic (exact) mass is 379 g/mol. The van der Waals surface area contributed by atoms with E-state index < -0.39 is 11.6 Å². The van der Waals surface area contributed by atoms with Crippen molar-refractivity contribution in [1.29, 1.82) is 0 Å². The number of hydrogen-bond donors (Lipinski definition) is 1. The summed E-state index contributed by atoms with van der Waals surface area (Å²) in [4.78, 5) is 12.2. The molecule has 0 atom stereocenters. The molecule has 0 aliphatic rings. The summed E-state index contributed by atoms with van der Waals surface area (Å²) in [5.74, 6) is 0.732. The van der Waals surface area contributed by atoms with Gasteiger partial charge in [-0.2, -0.15) is 0 Å². The molecule has 28 heavy (non-hydrogen) atoms. The third kappa shape index (κ3) is 5.74. The fourth-order valence-corrected chi connectivity index (χ4v) is 2.77. The predicted molar refractivity (Wildman–Crippen MR) is 115 cm³/mol. The molecule has 0 spiro atoms. The lowest BCUT2D eigenvalue weighted by Gasteiger charge is -2.27. The predicted octanol–water partition coefficient (Wildman–Crippen LogP) is 5.79. The quantitative estimate of drug-likeness (QED) is 0.590. The van der Waals surface area contributed by atoms with E-state index in [0.29, 0.717) is 0 Å². The molecule has 0 unspecified atom stereocenters. The van der Waals surface area contributed by atoms with Gasteiger partial charge in [0.25, 0.3) is 0 Å². The molecule has 0 fully saturated rings. The summed E-state index contributed by atoms with van der Waals surface area (Å²) >= 11 is 0. The first-order valence-electron chi connectivity index (χ1n) is 9.30. The maximum Gasteiger partial charge on any atom is 0.407 e. The molecule has 0 aliphatic carbocycles. The van der Waals surface area contributed by atoms with E-state index in [9.17, 15) is 4.79 Å². The third-order valence-corrected chi connectivity index (χ3v) is 4.41. The normalized spacial score (nSPS) is 10.9. The van der Waals surface area contributed by atoms with Crippen LogP contribution in [0.5, 0.6) is 5.75 Å². The van der Waals surface area contributed by atoms with Gasteiger partial charge in [-0.05, 0) is 56.5 Å². The topological polar surface area (TPSA) is 47.6 Å². The number of alkyl carbamates (subject to hydrolysis) is 1. The fraction of sp³-hybridized carbons (Fsp3) is 0.292. The first-order valence-corrected chi connectivity index (χ1v) is 9.30. The number of benzene rings is 2. The van der Waals surface area contributed by atoms with Crippen molar-refractivity contribution in [2.24, 2.45) is 0 Å². The number of carbonyl (C=O) groups is 1. The standard InChI is InChI=1S/C24H29NO3/c1-17(2)19-10-9-11-20(16-19)24(5,6)25-23(26)28-15-14-27-22-13-8-7-12-21(22)18(3)4/h7-13,16H,1,3,14-15H2,2,4-6H3,(H,25,26). The van der Waals surface area contributed by atoms with E-state index in [1.165, 1.54) is 0 Å². The van der Waals surface area contributed by atoms with Crippen LogP contribution in [0.25, 0.3) is 11.1 Å². The number of ether oxygens (including phenoxy) is 2. The van der Waals surface area contributed by atoms with Crippen LogP contribution in [-0.4, -0.2) is 19.3 Å². The van der Waals surface area contributed by atoms with Crippen molar-refractivity contribution in [3.63, 3.8) is 0 Å². The van der Waals surface area contributed by atoms with Crippen LogP contribution in [0.1, 0.15) is 44.4 Å². The molecule has 0 aliphatic heterocycles. The Morgan fingerprint density at radius 2 is 1.71 bits per heavy atom.